The second-order valence-corrected chi connectivity index (χ2v) is 6.09. The summed E-state index contributed by atoms with van der Waals surface area (Å²) in [5, 5.41) is 0.566. The van der Waals surface area contributed by atoms with E-state index in [1.165, 1.54) is 31.4 Å². The largest absolute Gasteiger partial charge is 0.327 e. The average Bonchev–Trinajstić information content (AvgIpc) is 2.76. The number of nitrogens with zero attached hydrogens (tertiary/aromatic N) is 2. The van der Waals surface area contributed by atoms with Crippen LogP contribution < -0.4 is 5.73 Å². The summed E-state index contributed by atoms with van der Waals surface area (Å²) >= 11 is 5.81. The van der Waals surface area contributed by atoms with Gasteiger partial charge in [-0.15, -0.1) is 0 Å². The summed E-state index contributed by atoms with van der Waals surface area (Å²) in [7, 11) is 0. The minimum atomic E-state index is 0.414. The zero-order chi connectivity index (χ0) is 12.5. The van der Waals surface area contributed by atoms with Gasteiger partial charge in [0.2, 0.25) is 0 Å². The minimum absolute atomic E-state index is 0.414. The van der Waals surface area contributed by atoms with E-state index in [1.807, 2.05) is 12.3 Å². The molecule has 3 unspecified atom stereocenters. The van der Waals surface area contributed by atoms with E-state index in [4.69, 9.17) is 17.3 Å². The molecule has 3 rings (SSSR count). The number of pyridine rings is 1. The van der Waals surface area contributed by atoms with Crippen LogP contribution in [0.25, 0.3) is 0 Å². The molecule has 1 aliphatic carbocycles. The first-order chi connectivity index (χ1) is 8.72. The molecule has 1 saturated heterocycles. The number of hydrogen-bond acceptors (Lipinski definition) is 3. The second-order valence-electron chi connectivity index (χ2n) is 5.70. The molecule has 1 aromatic rings. The van der Waals surface area contributed by atoms with E-state index >= 15 is 0 Å². The molecule has 18 heavy (non-hydrogen) atoms. The molecule has 1 aliphatic heterocycles. The Bertz CT molecular complexity index is 406. The van der Waals surface area contributed by atoms with Crippen LogP contribution in [0.15, 0.2) is 18.3 Å². The molecule has 0 spiro atoms. The molecule has 3 nitrogen and oxygen atoms in total. The van der Waals surface area contributed by atoms with Crippen LogP contribution in [-0.4, -0.2) is 29.0 Å². The van der Waals surface area contributed by atoms with Crippen molar-refractivity contribution in [1.29, 1.82) is 0 Å². The fraction of sp³-hybridized carbons (Fsp3) is 0.643. The highest BCUT2D eigenvalue weighted by Crippen LogP contribution is 2.35. The van der Waals surface area contributed by atoms with Gasteiger partial charge in [-0.1, -0.05) is 24.1 Å². The summed E-state index contributed by atoms with van der Waals surface area (Å²) < 4.78 is 0. The highest BCUT2D eigenvalue weighted by molar-refractivity contribution is 6.29. The maximum absolute atomic E-state index is 6.24. The van der Waals surface area contributed by atoms with E-state index in [2.05, 4.69) is 16.0 Å². The molecule has 0 bridgehead atoms. The predicted octanol–water partition coefficient (Wildman–Crippen LogP) is 2.29. The van der Waals surface area contributed by atoms with Crippen LogP contribution in [0.1, 0.15) is 24.8 Å². The van der Waals surface area contributed by atoms with Gasteiger partial charge in [-0.2, -0.15) is 0 Å². The summed E-state index contributed by atoms with van der Waals surface area (Å²) in [6.45, 7) is 3.32. The van der Waals surface area contributed by atoms with Gasteiger partial charge in [0.05, 0.1) is 0 Å². The van der Waals surface area contributed by atoms with Crippen molar-refractivity contribution in [2.24, 2.45) is 17.6 Å². The first kappa shape index (κ1) is 12.4. The SMILES string of the molecule is NC1CCCC2CN(Cc3ccc(Cl)nc3)CC12. The average molecular weight is 266 g/mol. The van der Waals surface area contributed by atoms with Crippen LogP contribution in [0, 0.1) is 11.8 Å². The van der Waals surface area contributed by atoms with E-state index in [1.54, 1.807) is 0 Å². The third-order valence-corrected chi connectivity index (χ3v) is 4.65. The normalized spacial score (nSPS) is 32.4. The lowest BCUT2D eigenvalue weighted by atomic mass is 9.78. The molecule has 2 heterocycles. The Morgan fingerprint density at radius 3 is 2.94 bits per heavy atom. The maximum atomic E-state index is 6.24. The van der Waals surface area contributed by atoms with Gasteiger partial charge in [0.15, 0.2) is 0 Å². The van der Waals surface area contributed by atoms with Gasteiger partial charge in [-0.05, 0) is 36.3 Å². The topological polar surface area (TPSA) is 42.1 Å². The number of nitrogens with two attached hydrogens (primary N) is 1. The molecule has 0 aromatic carbocycles. The van der Waals surface area contributed by atoms with Crippen LogP contribution >= 0.6 is 11.6 Å². The maximum Gasteiger partial charge on any atom is 0.129 e. The summed E-state index contributed by atoms with van der Waals surface area (Å²) in [5.74, 6) is 1.52. The number of aromatic nitrogens is 1. The fourth-order valence-corrected chi connectivity index (χ4v) is 3.61. The Morgan fingerprint density at radius 1 is 1.33 bits per heavy atom. The van der Waals surface area contributed by atoms with Crippen molar-refractivity contribution in [3.8, 4) is 0 Å². The van der Waals surface area contributed by atoms with Crippen molar-refractivity contribution >= 4 is 11.6 Å². The van der Waals surface area contributed by atoms with Crippen molar-refractivity contribution in [3.63, 3.8) is 0 Å². The van der Waals surface area contributed by atoms with Gasteiger partial charge in [0, 0.05) is 31.9 Å². The standard InChI is InChI=1S/C14H20ClN3/c15-14-5-4-10(6-17-14)7-18-8-11-2-1-3-13(16)12(11)9-18/h4-6,11-13H,1-3,7-9,16H2. The van der Waals surface area contributed by atoms with Crippen LogP contribution in [0.3, 0.4) is 0 Å². The van der Waals surface area contributed by atoms with Gasteiger partial charge < -0.3 is 5.73 Å². The number of fused-ring (bicyclic) bond motifs is 1. The predicted molar refractivity (Wildman–Crippen MR) is 73.3 cm³/mol. The molecule has 0 radical (unpaired) electrons. The van der Waals surface area contributed by atoms with E-state index in [0.29, 0.717) is 17.1 Å². The van der Waals surface area contributed by atoms with Gasteiger partial charge in [-0.3, -0.25) is 4.90 Å². The molecule has 2 N–H and O–H groups in total. The van der Waals surface area contributed by atoms with E-state index in [9.17, 15) is 0 Å². The molecular weight excluding hydrogens is 246 g/mol. The van der Waals surface area contributed by atoms with E-state index in [0.717, 1.165) is 19.0 Å². The van der Waals surface area contributed by atoms with Crippen molar-refractivity contribution in [2.75, 3.05) is 13.1 Å². The first-order valence-corrected chi connectivity index (χ1v) is 7.18. The van der Waals surface area contributed by atoms with Crippen molar-refractivity contribution < 1.29 is 0 Å². The lowest BCUT2D eigenvalue weighted by molar-refractivity contribution is 0.259. The van der Waals surface area contributed by atoms with Crippen LogP contribution in [-0.2, 0) is 6.54 Å². The summed E-state index contributed by atoms with van der Waals surface area (Å²) in [6.07, 6.45) is 5.74. The molecular formula is C14H20ClN3. The lowest BCUT2D eigenvalue weighted by Crippen LogP contribution is -2.38. The van der Waals surface area contributed by atoms with Crippen LogP contribution in [0.5, 0.6) is 0 Å². The van der Waals surface area contributed by atoms with Crippen LogP contribution in [0.4, 0.5) is 0 Å². The summed E-state index contributed by atoms with van der Waals surface area (Å²) in [6, 6.07) is 4.35. The molecule has 2 fully saturated rings. The molecule has 4 heteroatoms. The van der Waals surface area contributed by atoms with Crippen molar-refractivity contribution in [3.05, 3.63) is 29.0 Å². The molecule has 0 amide bonds. The quantitative estimate of drug-likeness (QED) is 0.835. The Labute approximate surface area is 113 Å². The smallest absolute Gasteiger partial charge is 0.129 e. The third-order valence-electron chi connectivity index (χ3n) is 4.42. The monoisotopic (exact) mass is 265 g/mol. The fourth-order valence-electron chi connectivity index (χ4n) is 3.50. The summed E-state index contributed by atoms with van der Waals surface area (Å²) in [5.41, 5.74) is 7.48. The highest BCUT2D eigenvalue weighted by Gasteiger charge is 2.38. The first-order valence-electron chi connectivity index (χ1n) is 6.81. The van der Waals surface area contributed by atoms with E-state index < -0.39 is 0 Å². The number of rotatable bonds is 2. The number of halogens is 1. The van der Waals surface area contributed by atoms with Crippen molar-refractivity contribution in [2.45, 2.75) is 31.8 Å². The van der Waals surface area contributed by atoms with Gasteiger partial charge in [-0.25, -0.2) is 4.98 Å². The molecule has 1 saturated carbocycles. The molecule has 2 aliphatic rings. The number of likely N-dealkylation sites (tertiary alicyclic amines) is 1. The lowest BCUT2D eigenvalue weighted by Gasteiger charge is -2.29. The Morgan fingerprint density at radius 2 is 2.22 bits per heavy atom. The van der Waals surface area contributed by atoms with Gasteiger partial charge in [0.1, 0.15) is 5.15 Å². The zero-order valence-corrected chi connectivity index (χ0v) is 11.3. The Hall–Kier alpha value is -0.640. The van der Waals surface area contributed by atoms with Crippen molar-refractivity contribution in [1.82, 2.24) is 9.88 Å². The van der Waals surface area contributed by atoms with Gasteiger partial charge >= 0.3 is 0 Å². The van der Waals surface area contributed by atoms with Crippen LogP contribution in [0.2, 0.25) is 5.15 Å². The molecule has 3 atom stereocenters. The Balaban J connectivity index is 1.63. The van der Waals surface area contributed by atoms with E-state index in [-0.39, 0.29) is 0 Å². The minimum Gasteiger partial charge on any atom is -0.327 e. The van der Waals surface area contributed by atoms with Gasteiger partial charge in [0.25, 0.3) is 0 Å². The molecule has 1 aromatic heterocycles. The second kappa shape index (κ2) is 5.16. The number of hydrogen-bond donors (Lipinski definition) is 1. The molecule has 98 valence electrons. The Kier molecular flexibility index (Phi) is 3.55. The zero-order valence-electron chi connectivity index (χ0n) is 10.6. The summed E-state index contributed by atoms with van der Waals surface area (Å²) in [4.78, 5) is 6.66. The highest BCUT2D eigenvalue weighted by atomic mass is 35.5. The third kappa shape index (κ3) is 2.53.